The highest BCUT2D eigenvalue weighted by molar-refractivity contribution is 7.92. The number of halogens is 2. The lowest BCUT2D eigenvalue weighted by atomic mass is 10.1. The molecule has 0 aliphatic carbocycles. The van der Waals surface area contributed by atoms with Crippen LogP contribution in [0.15, 0.2) is 42.5 Å². The van der Waals surface area contributed by atoms with E-state index in [-0.39, 0.29) is 41.9 Å². The highest BCUT2D eigenvalue weighted by Crippen LogP contribution is 2.32. The quantitative estimate of drug-likeness (QED) is 0.657. The number of anilines is 1. The standard InChI is InChI=1S/C22H25ClFN3O4S/c1-32(29,30)25-20-10-16(23)4-9-21(20)31-14-22(28)26-12-18-7-8-19(13-26)27(18)11-15-2-5-17(24)6-3-15/h2-6,9-10,18-19,25H,7-8,11-14H2,1H3. The molecule has 2 saturated heterocycles. The molecule has 2 unspecified atom stereocenters. The number of benzene rings is 2. The fraction of sp³-hybridized carbons (Fsp3) is 0.409. The summed E-state index contributed by atoms with van der Waals surface area (Å²) in [6.45, 7) is 1.75. The summed E-state index contributed by atoms with van der Waals surface area (Å²) in [6.07, 6.45) is 3.05. The molecule has 0 radical (unpaired) electrons. The van der Waals surface area contributed by atoms with Crippen LogP contribution in [0.1, 0.15) is 18.4 Å². The summed E-state index contributed by atoms with van der Waals surface area (Å²) in [7, 11) is -3.53. The molecule has 4 rings (SSSR count). The van der Waals surface area contributed by atoms with Gasteiger partial charge in [0, 0.05) is 36.7 Å². The minimum atomic E-state index is -3.53. The van der Waals surface area contributed by atoms with Crippen molar-refractivity contribution in [3.8, 4) is 5.75 Å². The van der Waals surface area contributed by atoms with Crippen LogP contribution in [0.3, 0.4) is 0 Å². The van der Waals surface area contributed by atoms with Crippen molar-refractivity contribution in [3.05, 3.63) is 58.9 Å². The molecule has 2 atom stereocenters. The lowest BCUT2D eigenvalue weighted by Gasteiger charge is -2.41. The zero-order valence-electron chi connectivity index (χ0n) is 17.6. The van der Waals surface area contributed by atoms with Gasteiger partial charge in [-0.15, -0.1) is 0 Å². The fourth-order valence-electron chi connectivity index (χ4n) is 4.39. The molecule has 2 aliphatic rings. The topological polar surface area (TPSA) is 78.9 Å². The molecule has 0 spiro atoms. The first kappa shape index (κ1) is 22.8. The van der Waals surface area contributed by atoms with E-state index in [0.717, 1.165) is 31.2 Å². The number of nitrogens with one attached hydrogen (secondary N) is 1. The molecule has 10 heteroatoms. The lowest BCUT2D eigenvalue weighted by Crippen LogP contribution is -2.55. The second-order valence-electron chi connectivity index (χ2n) is 8.29. The zero-order chi connectivity index (χ0) is 22.9. The van der Waals surface area contributed by atoms with Crippen molar-refractivity contribution < 1.29 is 22.3 Å². The second-order valence-corrected chi connectivity index (χ2v) is 10.5. The van der Waals surface area contributed by atoms with Crippen LogP contribution in [0.2, 0.25) is 5.02 Å². The van der Waals surface area contributed by atoms with Gasteiger partial charge in [-0.3, -0.25) is 14.4 Å². The molecule has 2 bridgehead atoms. The lowest BCUT2D eigenvalue weighted by molar-refractivity contribution is -0.136. The van der Waals surface area contributed by atoms with E-state index >= 15 is 0 Å². The molecule has 7 nitrogen and oxygen atoms in total. The molecule has 2 heterocycles. The van der Waals surface area contributed by atoms with Crippen LogP contribution >= 0.6 is 11.6 Å². The molecule has 2 aromatic carbocycles. The number of piperazine rings is 1. The Morgan fingerprint density at radius 3 is 2.44 bits per heavy atom. The first-order valence-electron chi connectivity index (χ1n) is 10.4. The Kier molecular flexibility index (Phi) is 6.60. The van der Waals surface area contributed by atoms with Crippen LogP contribution in [0.25, 0.3) is 0 Å². The van der Waals surface area contributed by atoms with Gasteiger partial charge in [-0.25, -0.2) is 12.8 Å². The monoisotopic (exact) mass is 481 g/mol. The Labute approximate surface area is 192 Å². The Balaban J connectivity index is 1.36. The number of nitrogens with zero attached hydrogens (tertiary/aromatic N) is 2. The van der Waals surface area contributed by atoms with Crippen molar-refractivity contribution >= 4 is 33.2 Å². The molecule has 2 fully saturated rings. The van der Waals surface area contributed by atoms with E-state index in [1.807, 2.05) is 4.90 Å². The van der Waals surface area contributed by atoms with Gasteiger partial charge in [0.1, 0.15) is 11.6 Å². The maximum atomic E-state index is 13.2. The van der Waals surface area contributed by atoms with E-state index in [4.69, 9.17) is 16.3 Å². The minimum Gasteiger partial charge on any atom is -0.482 e. The molecule has 0 saturated carbocycles. The van der Waals surface area contributed by atoms with Gasteiger partial charge in [0.2, 0.25) is 10.0 Å². The van der Waals surface area contributed by atoms with Gasteiger partial charge in [-0.2, -0.15) is 0 Å². The van der Waals surface area contributed by atoms with Gasteiger partial charge < -0.3 is 9.64 Å². The van der Waals surface area contributed by atoms with Gasteiger partial charge >= 0.3 is 0 Å². The number of ether oxygens (including phenoxy) is 1. The van der Waals surface area contributed by atoms with Gasteiger partial charge in [0.15, 0.2) is 6.61 Å². The summed E-state index contributed by atoms with van der Waals surface area (Å²) in [6, 6.07) is 11.6. The number of hydrogen-bond acceptors (Lipinski definition) is 5. The van der Waals surface area contributed by atoms with Gasteiger partial charge in [-0.1, -0.05) is 23.7 Å². The first-order valence-corrected chi connectivity index (χ1v) is 12.6. The highest BCUT2D eigenvalue weighted by Gasteiger charge is 2.41. The number of fused-ring (bicyclic) bond motifs is 2. The second kappa shape index (κ2) is 9.25. The normalized spacial score (nSPS) is 20.9. The maximum Gasteiger partial charge on any atom is 0.260 e. The summed E-state index contributed by atoms with van der Waals surface area (Å²) in [5.74, 6) is -0.155. The number of hydrogen-bond donors (Lipinski definition) is 1. The van der Waals surface area contributed by atoms with Crippen LogP contribution in [0.4, 0.5) is 10.1 Å². The van der Waals surface area contributed by atoms with Gasteiger partial charge in [0.05, 0.1) is 11.9 Å². The molecular weight excluding hydrogens is 457 g/mol. The predicted octanol–water partition coefficient (Wildman–Crippen LogP) is 3.10. The Morgan fingerprint density at radius 1 is 1.16 bits per heavy atom. The predicted molar refractivity (Wildman–Crippen MR) is 121 cm³/mol. The SMILES string of the molecule is CS(=O)(=O)Nc1cc(Cl)ccc1OCC(=O)N1CC2CCC(C1)N2Cc1ccc(F)cc1. The van der Waals surface area contributed by atoms with Crippen molar-refractivity contribution in [1.29, 1.82) is 0 Å². The number of carbonyl (C=O) groups is 1. The van der Waals surface area contributed by atoms with Crippen molar-refractivity contribution in [2.45, 2.75) is 31.5 Å². The van der Waals surface area contributed by atoms with Gasteiger partial charge in [-0.05, 0) is 48.7 Å². The third kappa shape index (κ3) is 5.51. The smallest absolute Gasteiger partial charge is 0.260 e. The number of carbonyl (C=O) groups excluding carboxylic acids is 1. The Bertz CT molecular complexity index is 1080. The minimum absolute atomic E-state index is 0.149. The number of rotatable bonds is 7. The zero-order valence-corrected chi connectivity index (χ0v) is 19.2. The van der Waals surface area contributed by atoms with E-state index in [0.29, 0.717) is 18.1 Å². The first-order chi connectivity index (χ1) is 15.2. The third-order valence-electron chi connectivity index (χ3n) is 5.85. The van der Waals surface area contributed by atoms with E-state index in [2.05, 4.69) is 9.62 Å². The van der Waals surface area contributed by atoms with Gasteiger partial charge in [0.25, 0.3) is 5.91 Å². The highest BCUT2D eigenvalue weighted by atomic mass is 35.5. The van der Waals surface area contributed by atoms with Crippen LogP contribution in [-0.2, 0) is 21.4 Å². The number of sulfonamides is 1. The van der Waals surface area contributed by atoms with E-state index < -0.39 is 10.0 Å². The van der Waals surface area contributed by atoms with Crippen LogP contribution in [0, 0.1) is 5.82 Å². The fourth-order valence-corrected chi connectivity index (χ4v) is 5.12. The molecule has 172 valence electrons. The molecule has 2 aromatic rings. The molecular formula is C22H25ClFN3O4S. The summed E-state index contributed by atoms with van der Waals surface area (Å²) in [5, 5.41) is 0.351. The number of amides is 1. The molecule has 32 heavy (non-hydrogen) atoms. The largest absolute Gasteiger partial charge is 0.482 e. The average molecular weight is 482 g/mol. The maximum absolute atomic E-state index is 13.2. The molecule has 0 aromatic heterocycles. The molecule has 2 aliphatic heterocycles. The summed E-state index contributed by atoms with van der Waals surface area (Å²) < 4.78 is 44.4. The van der Waals surface area contributed by atoms with Crippen molar-refractivity contribution in [3.63, 3.8) is 0 Å². The van der Waals surface area contributed by atoms with E-state index in [1.165, 1.54) is 24.3 Å². The van der Waals surface area contributed by atoms with Crippen molar-refractivity contribution in [2.75, 3.05) is 30.7 Å². The summed E-state index contributed by atoms with van der Waals surface area (Å²) in [5.41, 5.74) is 1.25. The Hall–Kier alpha value is -2.36. The van der Waals surface area contributed by atoms with Crippen LogP contribution in [0.5, 0.6) is 5.75 Å². The van der Waals surface area contributed by atoms with Crippen LogP contribution in [-0.4, -0.2) is 62.2 Å². The summed E-state index contributed by atoms with van der Waals surface area (Å²) in [4.78, 5) is 17.0. The third-order valence-corrected chi connectivity index (χ3v) is 6.68. The number of likely N-dealkylation sites (tertiary alicyclic amines) is 1. The van der Waals surface area contributed by atoms with Crippen LogP contribution < -0.4 is 9.46 Å². The van der Waals surface area contributed by atoms with E-state index in [1.54, 1.807) is 18.2 Å². The van der Waals surface area contributed by atoms with Crippen molar-refractivity contribution in [2.24, 2.45) is 0 Å². The molecule has 1 amide bonds. The van der Waals surface area contributed by atoms with Crippen molar-refractivity contribution in [1.82, 2.24) is 9.80 Å². The summed E-state index contributed by atoms with van der Waals surface area (Å²) >= 11 is 5.96. The van der Waals surface area contributed by atoms with E-state index in [9.17, 15) is 17.6 Å². The molecule has 1 N–H and O–H groups in total. The Morgan fingerprint density at radius 2 is 1.81 bits per heavy atom. The average Bonchev–Trinajstić information content (AvgIpc) is 2.94.